The fourth-order valence-electron chi connectivity index (χ4n) is 2.64. The number of hydrogen-bond acceptors (Lipinski definition) is 5. The summed E-state index contributed by atoms with van der Waals surface area (Å²) in [7, 11) is 0. The SMILES string of the molecule is Cc1cc(Br)ccc1SCC(=O)N(CCC#N)CCN1CCOCC1. The van der Waals surface area contributed by atoms with Crippen molar-refractivity contribution in [2.24, 2.45) is 0 Å². The van der Waals surface area contributed by atoms with Gasteiger partial charge in [-0.2, -0.15) is 5.26 Å². The van der Waals surface area contributed by atoms with E-state index in [4.69, 9.17) is 10.00 Å². The Labute approximate surface area is 162 Å². The molecule has 0 N–H and O–H groups in total. The van der Waals surface area contributed by atoms with E-state index in [1.165, 1.54) is 0 Å². The van der Waals surface area contributed by atoms with Crippen molar-refractivity contribution in [2.75, 3.05) is 51.7 Å². The van der Waals surface area contributed by atoms with E-state index in [1.54, 1.807) is 11.8 Å². The Morgan fingerprint density at radius 2 is 2.16 bits per heavy atom. The third-order valence-corrected chi connectivity index (χ3v) is 5.78. The van der Waals surface area contributed by atoms with Gasteiger partial charge in [0.15, 0.2) is 0 Å². The molecule has 1 aromatic rings. The maximum Gasteiger partial charge on any atom is 0.233 e. The zero-order valence-electron chi connectivity index (χ0n) is 14.5. The summed E-state index contributed by atoms with van der Waals surface area (Å²) in [4.78, 5) is 17.9. The van der Waals surface area contributed by atoms with Gasteiger partial charge in [-0.15, -0.1) is 11.8 Å². The number of ether oxygens (including phenoxy) is 1. The number of morpholine rings is 1. The number of amides is 1. The second-order valence-corrected chi connectivity index (χ2v) is 7.87. The number of carbonyl (C=O) groups excluding carboxylic acids is 1. The highest BCUT2D eigenvalue weighted by Crippen LogP contribution is 2.25. The minimum atomic E-state index is 0.0934. The lowest BCUT2D eigenvalue weighted by Crippen LogP contribution is -2.43. The molecule has 0 spiro atoms. The Morgan fingerprint density at radius 3 is 2.84 bits per heavy atom. The summed E-state index contributed by atoms with van der Waals surface area (Å²) in [5, 5.41) is 8.86. The first-order chi connectivity index (χ1) is 12.1. The molecule has 5 nitrogen and oxygen atoms in total. The van der Waals surface area contributed by atoms with Crippen LogP contribution in [-0.2, 0) is 9.53 Å². The fraction of sp³-hybridized carbons (Fsp3) is 0.556. The van der Waals surface area contributed by atoms with Gasteiger partial charge in [-0.1, -0.05) is 15.9 Å². The average molecular weight is 426 g/mol. The predicted octanol–water partition coefficient (Wildman–Crippen LogP) is 2.92. The molecule has 0 bridgehead atoms. The third kappa shape index (κ3) is 6.98. The summed E-state index contributed by atoms with van der Waals surface area (Å²) in [6, 6.07) is 8.22. The van der Waals surface area contributed by atoms with E-state index in [1.807, 2.05) is 24.0 Å². The second kappa shape index (κ2) is 10.8. The van der Waals surface area contributed by atoms with Crippen LogP contribution in [0.2, 0.25) is 0 Å². The van der Waals surface area contributed by atoms with Gasteiger partial charge in [-0.3, -0.25) is 9.69 Å². The van der Waals surface area contributed by atoms with E-state index < -0.39 is 0 Å². The van der Waals surface area contributed by atoms with Gasteiger partial charge in [0, 0.05) is 42.1 Å². The normalized spacial score (nSPS) is 14.9. The zero-order chi connectivity index (χ0) is 18.1. The van der Waals surface area contributed by atoms with E-state index in [-0.39, 0.29) is 5.91 Å². The highest BCUT2D eigenvalue weighted by Gasteiger charge is 2.17. The maximum absolute atomic E-state index is 12.6. The standard InChI is InChI=1S/C18H24BrN3O2S/c1-15-13-16(19)3-4-17(15)25-14-18(23)22(6-2-5-20)8-7-21-9-11-24-12-10-21/h3-4,13H,2,6-12,14H2,1H3. The van der Waals surface area contributed by atoms with Gasteiger partial charge < -0.3 is 9.64 Å². The first kappa shape index (κ1) is 20.2. The summed E-state index contributed by atoms with van der Waals surface area (Å²) in [6.45, 7) is 7.38. The Morgan fingerprint density at radius 1 is 1.40 bits per heavy atom. The lowest BCUT2D eigenvalue weighted by atomic mass is 10.2. The molecule has 1 amide bonds. The van der Waals surface area contributed by atoms with Crippen LogP contribution in [0, 0.1) is 18.3 Å². The van der Waals surface area contributed by atoms with Crippen molar-refractivity contribution >= 4 is 33.6 Å². The molecule has 0 aliphatic carbocycles. The molecule has 1 aliphatic rings. The number of aryl methyl sites for hydroxylation is 1. The van der Waals surface area contributed by atoms with E-state index >= 15 is 0 Å². The van der Waals surface area contributed by atoms with Gasteiger partial charge in [0.2, 0.25) is 5.91 Å². The van der Waals surface area contributed by atoms with Gasteiger partial charge in [-0.25, -0.2) is 0 Å². The smallest absolute Gasteiger partial charge is 0.233 e. The van der Waals surface area contributed by atoms with Crippen molar-refractivity contribution in [3.8, 4) is 6.07 Å². The molecular formula is C18H24BrN3O2S. The largest absolute Gasteiger partial charge is 0.379 e. The topological polar surface area (TPSA) is 56.6 Å². The number of benzene rings is 1. The van der Waals surface area contributed by atoms with Crippen molar-refractivity contribution in [2.45, 2.75) is 18.2 Å². The van der Waals surface area contributed by atoms with Gasteiger partial charge in [0.05, 0.1) is 31.5 Å². The van der Waals surface area contributed by atoms with E-state index in [0.29, 0.717) is 25.3 Å². The van der Waals surface area contributed by atoms with Crippen molar-refractivity contribution < 1.29 is 9.53 Å². The lowest BCUT2D eigenvalue weighted by molar-refractivity contribution is -0.128. The predicted molar refractivity (Wildman–Crippen MR) is 104 cm³/mol. The number of thioether (sulfide) groups is 1. The van der Waals surface area contributed by atoms with Crippen LogP contribution in [0.15, 0.2) is 27.6 Å². The van der Waals surface area contributed by atoms with Crippen LogP contribution in [0.3, 0.4) is 0 Å². The van der Waals surface area contributed by atoms with Crippen molar-refractivity contribution in [1.29, 1.82) is 5.26 Å². The summed E-state index contributed by atoms with van der Waals surface area (Å²) < 4.78 is 6.40. The van der Waals surface area contributed by atoms with Crippen LogP contribution >= 0.6 is 27.7 Å². The van der Waals surface area contributed by atoms with Crippen LogP contribution in [0.4, 0.5) is 0 Å². The van der Waals surface area contributed by atoms with Gasteiger partial charge in [-0.05, 0) is 30.7 Å². The van der Waals surface area contributed by atoms with E-state index in [2.05, 4.69) is 33.0 Å². The monoisotopic (exact) mass is 425 g/mol. The highest BCUT2D eigenvalue weighted by atomic mass is 79.9. The van der Waals surface area contributed by atoms with Gasteiger partial charge in [0.25, 0.3) is 0 Å². The quantitative estimate of drug-likeness (QED) is 0.599. The number of nitriles is 1. The van der Waals surface area contributed by atoms with Gasteiger partial charge >= 0.3 is 0 Å². The van der Waals surface area contributed by atoms with Crippen molar-refractivity contribution in [3.63, 3.8) is 0 Å². The summed E-state index contributed by atoms with van der Waals surface area (Å²) in [5.74, 6) is 0.493. The van der Waals surface area contributed by atoms with Gasteiger partial charge in [0.1, 0.15) is 0 Å². The Kier molecular flexibility index (Phi) is 8.76. The molecule has 136 valence electrons. The summed E-state index contributed by atoms with van der Waals surface area (Å²) in [6.07, 6.45) is 0.372. The molecule has 7 heteroatoms. The minimum absolute atomic E-state index is 0.0934. The van der Waals surface area contributed by atoms with Crippen LogP contribution < -0.4 is 0 Å². The Bertz CT molecular complexity index is 615. The molecule has 0 unspecified atom stereocenters. The highest BCUT2D eigenvalue weighted by molar-refractivity contribution is 9.10. The first-order valence-electron chi connectivity index (χ1n) is 8.44. The molecule has 25 heavy (non-hydrogen) atoms. The number of rotatable bonds is 8. The molecule has 1 heterocycles. The molecule has 1 aliphatic heterocycles. The molecule has 1 fully saturated rings. The average Bonchev–Trinajstić information content (AvgIpc) is 2.61. The first-order valence-corrected chi connectivity index (χ1v) is 10.2. The maximum atomic E-state index is 12.6. The lowest BCUT2D eigenvalue weighted by Gasteiger charge is -2.29. The molecular weight excluding hydrogens is 402 g/mol. The van der Waals surface area contributed by atoms with Crippen LogP contribution in [0.5, 0.6) is 0 Å². The summed E-state index contributed by atoms with van der Waals surface area (Å²) in [5.41, 5.74) is 1.16. The Hall–Kier alpha value is -1.07. The molecule has 1 aromatic carbocycles. The molecule has 0 saturated carbocycles. The molecule has 0 aromatic heterocycles. The molecule has 2 rings (SSSR count). The molecule has 0 radical (unpaired) electrons. The Balaban J connectivity index is 1.86. The van der Waals surface area contributed by atoms with Crippen LogP contribution in [0.25, 0.3) is 0 Å². The van der Waals surface area contributed by atoms with Crippen LogP contribution in [0.1, 0.15) is 12.0 Å². The number of hydrogen-bond donors (Lipinski definition) is 0. The van der Waals surface area contributed by atoms with Crippen molar-refractivity contribution in [3.05, 3.63) is 28.2 Å². The number of nitrogens with zero attached hydrogens (tertiary/aromatic N) is 3. The number of carbonyl (C=O) groups is 1. The van der Waals surface area contributed by atoms with Crippen molar-refractivity contribution in [1.82, 2.24) is 9.80 Å². The number of halogens is 1. The fourth-order valence-corrected chi connectivity index (χ4v) is 4.03. The minimum Gasteiger partial charge on any atom is -0.379 e. The summed E-state index contributed by atoms with van der Waals surface area (Å²) >= 11 is 5.02. The van der Waals surface area contributed by atoms with E-state index in [0.717, 1.165) is 47.8 Å². The third-order valence-electron chi connectivity index (χ3n) is 4.12. The zero-order valence-corrected chi connectivity index (χ0v) is 16.9. The second-order valence-electron chi connectivity index (χ2n) is 5.94. The molecule has 0 atom stereocenters. The van der Waals surface area contributed by atoms with Crippen LogP contribution in [-0.4, -0.2) is 67.4 Å². The van der Waals surface area contributed by atoms with E-state index in [9.17, 15) is 4.79 Å². The molecule has 1 saturated heterocycles.